The van der Waals surface area contributed by atoms with Crippen LogP contribution in [0, 0.1) is 17.7 Å². The van der Waals surface area contributed by atoms with Gasteiger partial charge in [0.1, 0.15) is 11.6 Å². The number of hydrogen-bond donors (Lipinski definition) is 2. The number of fused-ring (bicyclic) bond motifs is 1. The number of nitrogens with one attached hydrogen (secondary N) is 1. The molecule has 2 amide bonds. The van der Waals surface area contributed by atoms with Gasteiger partial charge in [0.25, 0.3) is 5.91 Å². The summed E-state index contributed by atoms with van der Waals surface area (Å²) in [5.41, 5.74) is 0. The SMILES string of the molecule is O=C(COc1ccc(Cl)c(F)c1)NC1CC2CN(C(=O)O)CC2C1. The van der Waals surface area contributed by atoms with E-state index in [1.54, 1.807) is 0 Å². The fraction of sp³-hybridized carbons (Fsp3) is 0.500. The van der Waals surface area contributed by atoms with Crippen LogP contribution < -0.4 is 10.1 Å². The molecule has 1 heterocycles. The van der Waals surface area contributed by atoms with Gasteiger partial charge in [0, 0.05) is 25.2 Å². The number of benzene rings is 1. The molecule has 130 valence electrons. The van der Waals surface area contributed by atoms with Gasteiger partial charge in [0.05, 0.1) is 5.02 Å². The molecule has 1 aromatic carbocycles. The van der Waals surface area contributed by atoms with Gasteiger partial charge >= 0.3 is 6.09 Å². The van der Waals surface area contributed by atoms with Gasteiger partial charge in [-0.1, -0.05) is 11.6 Å². The Hall–Kier alpha value is -2.02. The Labute approximate surface area is 143 Å². The van der Waals surface area contributed by atoms with E-state index in [-0.39, 0.29) is 29.3 Å². The molecule has 3 rings (SSSR count). The lowest BCUT2D eigenvalue weighted by Crippen LogP contribution is -2.38. The van der Waals surface area contributed by atoms with Crippen LogP contribution in [-0.4, -0.2) is 47.7 Å². The third kappa shape index (κ3) is 3.72. The number of ether oxygens (including phenoxy) is 1. The fourth-order valence-electron chi connectivity index (χ4n) is 3.56. The van der Waals surface area contributed by atoms with Crippen LogP contribution in [0.2, 0.25) is 5.02 Å². The first kappa shape index (κ1) is 16.8. The van der Waals surface area contributed by atoms with Crippen LogP contribution in [0.3, 0.4) is 0 Å². The van der Waals surface area contributed by atoms with Crippen molar-refractivity contribution in [3.05, 3.63) is 29.0 Å². The van der Waals surface area contributed by atoms with Gasteiger partial charge in [-0.15, -0.1) is 0 Å². The van der Waals surface area contributed by atoms with E-state index in [4.69, 9.17) is 21.4 Å². The second-order valence-electron chi connectivity index (χ2n) is 6.31. The van der Waals surface area contributed by atoms with E-state index in [9.17, 15) is 14.0 Å². The van der Waals surface area contributed by atoms with Gasteiger partial charge in [-0.2, -0.15) is 0 Å². The lowest BCUT2D eigenvalue weighted by molar-refractivity contribution is -0.123. The Balaban J connectivity index is 1.44. The normalized spacial score (nSPS) is 25.4. The molecule has 1 aliphatic carbocycles. The molecule has 2 N–H and O–H groups in total. The van der Waals surface area contributed by atoms with Crippen molar-refractivity contribution in [3.8, 4) is 5.75 Å². The second kappa shape index (κ2) is 6.84. The predicted octanol–water partition coefficient (Wildman–Crippen LogP) is 2.36. The van der Waals surface area contributed by atoms with Gasteiger partial charge in [-0.3, -0.25) is 4.79 Å². The van der Waals surface area contributed by atoms with Crippen molar-refractivity contribution in [1.29, 1.82) is 0 Å². The van der Waals surface area contributed by atoms with E-state index < -0.39 is 11.9 Å². The summed E-state index contributed by atoms with van der Waals surface area (Å²) in [7, 11) is 0. The maximum atomic E-state index is 13.3. The number of rotatable bonds is 4. The summed E-state index contributed by atoms with van der Waals surface area (Å²) in [6.45, 7) is 0.869. The minimum Gasteiger partial charge on any atom is -0.484 e. The first-order valence-electron chi connectivity index (χ1n) is 7.77. The largest absolute Gasteiger partial charge is 0.484 e. The highest BCUT2D eigenvalue weighted by molar-refractivity contribution is 6.30. The van der Waals surface area contributed by atoms with Gasteiger partial charge < -0.3 is 20.1 Å². The van der Waals surface area contributed by atoms with E-state index in [2.05, 4.69) is 5.32 Å². The number of halogens is 2. The number of carbonyl (C=O) groups excluding carboxylic acids is 1. The minimum absolute atomic E-state index is 0.000276. The average Bonchev–Trinajstić information content (AvgIpc) is 3.07. The lowest BCUT2D eigenvalue weighted by atomic mass is 10.0. The molecular formula is C16H18ClFN2O4. The summed E-state index contributed by atoms with van der Waals surface area (Å²) in [5, 5.41) is 11.9. The maximum absolute atomic E-state index is 13.3. The summed E-state index contributed by atoms with van der Waals surface area (Å²) in [4.78, 5) is 24.4. The topological polar surface area (TPSA) is 78.9 Å². The smallest absolute Gasteiger partial charge is 0.407 e. The Bertz CT molecular complexity index is 643. The molecule has 0 aromatic heterocycles. The highest BCUT2D eigenvalue weighted by Crippen LogP contribution is 2.38. The molecule has 0 bridgehead atoms. The molecule has 1 aromatic rings. The number of likely N-dealkylation sites (tertiary alicyclic amines) is 1. The van der Waals surface area contributed by atoms with Crippen molar-refractivity contribution in [3.63, 3.8) is 0 Å². The van der Waals surface area contributed by atoms with Crippen molar-refractivity contribution in [2.45, 2.75) is 18.9 Å². The average molecular weight is 357 g/mol. The van der Waals surface area contributed by atoms with Gasteiger partial charge in [0.15, 0.2) is 6.61 Å². The molecule has 2 aliphatic rings. The number of carbonyl (C=O) groups is 2. The number of amides is 2. The third-order valence-corrected chi connectivity index (χ3v) is 4.95. The molecule has 1 saturated carbocycles. The lowest BCUT2D eigenvalue weighted by Gasteiger charge is -2.17. The minimum atomic E-state index is -0.881. The quantitative estimate of drug-likeness (QED) is 0.868. The zero-order chi connectivity index (χ0) is 17.3. The fourth-order valence-corrected chi connectivity index (χ4v) is 3.68. The van der Waals surface area contributed by atoms with Crippen molar-refractivity contribution >= 4 is 23.6 Å². The van der Waals surface area contributed by atoms with Crippen LogP contribution in [0.15, 0.2) is 18.2 Å². The first-order chi connectivity index (χ1) is 11.4. The van der Waals surface area contributed by atoms with E-state index in [1.807, 2.05) is 0 Å². The summed E-state index contributed by atoms with van der Waals surface area (Å²) in [6, 6.07) is 4.04. The van der Waals surface area contributed by atoms with Crippen molar-refractivity contribution in [2.24, 2.45) is 11.8 Å². The molecule has 8 heteroatoms. The van der Waals surface area contributed by atoms with E-state index in [0.29, 0.717) is 24.9 Å². The van der Waals surface area contributed by atoms with Crippen LogP contribution in [0.4, 0.5) is 9.18 Å². The monoisotopic (exact) mass is 356 g/mol. The number of nitrogens with zero attached hydrogens (tertiary/aromatic N) is 1. The van der Waals surface area contributed by atoms with E-state index >= 15 is 0 Å². The highest BCUT2D eigenvalue weighted by Gasteiger charge is 2.42. The molecule has 1 aliphatic heterocycles. The molecule has 6 nitrogen and oxygen atoms in total. The molecule has 0 spiro atoms. The van der Waals surface area contributed by atoms with Gasteiger partial charge in [0.2, 0.25) is 0 Å². The standard InChI is InChI=1S/C16H18ClFN2O4/c17-13-2-1-12(5-14(13)18)24-8-15(21)19-11-3-9-6-20(16(22)23)7-10(9)4-11/h1-2,5,9-11H,3-4,6-8H2,(H,19,21)(H,22,23). The van der Waals surface area contributed by atoms with Crippen LogP contribution in [0.5, 0.6) is 5.75 Å². The number of hydrogen-bond acceptors (Lipinski definition) is 3. The summed E-state index contributed by atoms with van der Waals surface area (Å²) in [6.07, 6.45) is 0.666. The summed E-state index contributed by atoms with van der Waals surface area (Å²) >= 11 is 5.58. The predicted molar refractivity (Wildman–Crippen MR) is 84.6 cm³/mol. The molecule has 1 saturated heterocycles. The zero-order valence-electron chi connectivity index (χ0n) is 12.9. The molecule has 24 heavy (non-hydrogen) atoms. The Morgan fingerprint density at radius 2 is 2.00 bits per heavy atom. The van der Waals surface area contributed by atoms with E-state index in [0.717, 1.165) is 18.9 Å². The third-order valence-electron chi connectivity index (χ3n) is 4.65. The van der Waals surface area contributed by atoms with Crippen molar-refractivity contribution < 1.29 is 23.8 Å². The molecule has 2 atom stereocenters. The summed E-state index contributed by atoms with van der Waals surface area (Å²) in [5.74, 6) is -0.0191. The number of carboxylic acid groups (broad SMARTS) is 1. The zero-order valence-corrected chi connectivity index (χ0v) is 13.6. The Kier molecular flexibility index (Phi) is 4.80. The molecular weight excluding hydrogens is 339 g/mol. The summed E-state index contributed by atoms with van der Waals surface area (Å²) < 4.78 is 18.6. The molecule has 2 fully saturated rings. The first-order valence-corrected chi connectivity index (χ1v) is 8.15. The Morgan fingerprint density at radius 3 is 2.58 bits per heavy atom. The van der Waals surface area contributed by atoms with Gasteiger partial charge in [-0.05, 0) is 36.8 Å². The van der Waals surface area contributed by atoms with Crippen LogP contribution >= 0.6 is 11.6 Å². The van der Waals surface area contributed by atoms with E-state index in [1.165, 1.54) is 17.0 Å². The van der Waals surface area contributed by atoms with Crippen LogP contribution in [0.25, 0.3) is 0 Å². The Morgan fingerprint density at radius 1 is 1.33 bits per heavy atom. The second-order valence-corrected chi connectivity index (χ2v) is 6.72. The molecule has 2 unspecified atom stereocenters. The van der Waals surface area contributed by atoms with Crippen molar-refractivity contribution in [1.82, 2.24) is 10.2 Å². The highest BCUT2D eigenvalue weighted by atomic mass is 35.5. The van der Waals surface area contributed by atoms with Gasteiger partial charge in [-0.25, -0.2) is 9.18 Å². The maximum Gasteiger partial charge on any atom is 0.407 e. The molecule has 0 radical (unpaired) electrons. The van der Waals surface area contributed by atoms with Crippen LogP contribution in [-0.2, 0) is 4.79 Å². The van der Waals surface area contributed by atoms with Crippen molar-refractivity contribution in [2.75, 3.05) is 19.7 Å². The van der Waals surface area contributed by atoms with Crippen LogP contribution in [0.1, 0.15) is 12.8 Å².